The quantitative estimate of drug-likeness (QED) is 0.881. The second-order valence-corrected chi connectivity index (χ2v) is 6.50. The van der Waals surface area contributed by atoms with E-state index in [0.29, 0.717) is 16.9 Å². The maximum absolute atomic E-state index is 5.96. The smallest absolute Gasteiger partial charge is 0.139 e. The number of fused-ring (bicyclic) bond motifs is 1. The highest BCUT2D eigenvalue weighted by atomic mass is 32.1. The van der Waals surface area contributed by atoms with Crippen molar-refractivity contribution < 1.29 is 0 Å². The average molecular weight is 299 g/mol. The summed E-state index contributed by atoms with van der Waals surface area (Å²) >= 11 is 5.26. The van der Waals surface area contributed by atoms with Crippen LogP contribution in [-0.2, 0) is 0 Å². The number of rotatable bonds is 3. The second kappa shape index (κ2) is 5.60. The van der Waals surface area contributed by atoms with Crippen molar-refractivity contribution in [3.63, 3.8) is 0 Å². The summed E-state index contributed by atoms with van der Waals surface area (Å²) in [6.45, 7) is 5.57. The lowest BCUT2D eigenvalue weighted by Crippen LogP contribution is -2.35. The highest BCUT2D eigenvalue weighted by Gasteiger charge is 2.30. The minimum absolute atomic E-state index is 0.428. The molecule has 0 radical (unpaired) electrons. The number of anilines is 1. The standard InChI is InChI=1S/C17H21N3S/c1-11(2)15-8-5-9-20(15)17-13(16(18)21)10-12-6-3-4-7-14(12)19-17/h3-4,6-7,10-11,15H,5,8-9H2,1-2H3,(H2,18,21). The van der Waals surface area contributed by atoms with Gasteiger partial charge in [-0.2, -0.15) is 0 Å². The van der Waals surface area contributed by atoms with Crippen LogP contribution in [0.3, 0.4) is 0 Å². The lowest BCUT2D eigenvalue weighted by molar-refractivity contribution is 0.490. The maximum Gasteiger partial charge on any atom is 0.139 e. The summed E-state index contributed by atoms with van der Waals surface area (Å²) in [6.07, 6.45) is 2.41. The molecular weight excluding hydrogens is 278 g/mol. The van der Waals surface area contributed by atoms with Crippen LogP contribution in [0.4, 0.5) is 5.82 Å². The van der Waals surface area contributed by atoms with E-state index in [2.05, 4.69) is 30.9 Å². The zero-order chi connectivity index (χ0) is 15.0. The zero-order valence-corrected chi connectivity index (χ0v) is 13.4. The minimum atomic E-state index is 0.428. The van der Waals surface area contributed by atoms with Crippen LogP contribution in [0.2, 0.25) is 0 Å². The third-order valence-electron chi connectivity index (χ3n) is 4.31. The summed E-state index contributed by atoms with van der Waals surface area (Å²) in [6, 6.07) is 10.7. The number of benzene rings is 1. The predicted molar refractivity (Wildman–Crippen MR) is 92.8 cm³/mol. The number of hydrogen-bond donors (Lipinski definition) is 1. The van der Waals surface area contributed by atoms with Crippen molar-refractivity contribution in [2.75, 3.05) is 11.4 Å². The van der Waals surface area contributed by atoms with Crippen molar-refractivity contribution in [3.05, 3.63) is 35.9 Å². The number of nitrogens with two attached hydrogens (primary N) is 1. The number of hydrogen-bond acceptors (Lipinski definition) is 3. The third kappa shape index (κ3) is 2.60. The fourth-order valence-corrected chi connectivity index (χ4v) is 3.40. The molecule has 1 unspecified atom stereocenters. The molecule has 2 N–H and O–H groups in total. The van der Waals surface area contributed by atoms with E-state index < -0.39 is 0 Å². The molecule has 2 aromatic rings. The summed E-state index contributed by atoms with van der Waals surface area (Å²) in [5.74, 6) is 1.55. The minimum Gasteiger partial charge on any atom is -0.389 e. The Morgan fingerprint density at radius 1 is 1.38 bits per heavy atom. The maximum atomic E-state index is 5.96. The molecular formula is C17H21N3S. The van der Waals surface area contributed by atoms with Crippen LogP contribution in [-0.4, -0.2) is 22.6 Å². The van der Waals surface area contributed by atoms with Gasteiger partial charge in [-0.25, -0.2) is 4.98 Å². The Balaban J connectivity index is 2.15. The van der Waals surface area contributed by atoms with Crippen LogP contribution in [0, 0.1) is 5.92 Å². The van der Waals surface area contributed by atoms with E-state index in [9.17, 15) is 0 Å². The Labute approximate surface area is 131 Å². The first-order valence-corrected chi connectivity index (χ1v) is 7.95. The molecule has 110 valence electrons. The monoisotopic (exact) mass is 299 g/mol. The van der Waals surface area contributed by atoms with Gasteiger partial charge in [-0.3, -0.25) is 0 Å². The molecule has 0 spiro atoms. The van der Waals surface area contributed by atoms with Gasteiger partial charge in [0, 0.05) is 18.0 Å². The van der Waals surface area contributed by atoms with Gasteiger partial charge >= 0.3 is 0 Å². The molecule has 1 saturated heterocycles. The van der Waals surface area contributed by atoms with Crippen molar-refractivity contribution in [2.45, 2.75) is 32.7 Å². The van der Waals surface area contributed by atoms with Gasteiger partial charge in [-0.15, -0.1) is 0 Å². The first-order chi connectivity index (χ1) is 10.1. The number of thiocarbonyl (C=S) groups is 1. The van der Waals surface area contributed by atoms with E-state index in [4.69, 9.17) is 22.9 Å². The molecule has 1 aliphatic rings. The van der Waals surface area contributed by atoms with Gasteiger partial charge in [-0.05, 0) is 30.9 Å². The van der Waals surface area contributed by atoms with E-state index in [-0.39, 0.29) is 0 Å². The first-order valence-electron chi connectivity index (χ1n) is 7.54. The summed E-state index contributed by atoms with van der Waals surface area (Å²) in [7, 11) is 0. The number of aromatic nitrogens is 1. The molecule has 2 heterocycles. The predicted octanol–water partition coefficient (Wildman–Crippen LogP) is 3.49. The van der Waals surface area contributed by atoms with Crippen molar-refractivity contribution in [3.8, 4) is 0 Å². The summed E-state index contributed by atoms with van der Waals surface area (Å²) < 4.78 is 0. The van der Waals surface area contributed by atoms with Crippen LogP contribution in [0.25, 0.3) is 10.9 Å². The van der Waals surface area contributed by atoms with Crippen molar-refractivity contribution in [2.24, 2.45) is 11.7 Å². The topological polar surface area (TPSA) is 42.2 Å². The van der Waals surface area contributed by atoms with Crippen LogP contribution < -0.4 is 10.6 Å². The molecule has 1 aromatic carbocycles. The first kappa shape index (κ1) is 14.3. The van der Waals surface area contributed by atoms with Gasteiger partial charge in [0.1, 0.15) is 10.8 Å². The molecule has 1 fully saturated rings. The van der Waals surface area contributed by atoms with Gasteiger partial charge in [0.2, 0.25) is 0 Å². The van der Waals surface area contributed by atoms with Crippen molar-refractivity contribution in [1.82, 2.24) is 4.98 Å². The number of para-hydroxylation sites is 1. The van der Waals surface area contributed by atoms with E-state index in [0.717, 1.165) is 28.8 Å². The highest BCUT2D eigenvalue weighted by molar-refractivity contribution is 7.80. The summed E-state index contributed by atoms with van der Waals surface area (Å²) in [5, 5.41) is 1.09. The Morgan fingerprint density at radius 2 is 2.14 bits per heavy atom. The molecule has 3 nitrogen and oxygen atoms in total. The Kier molecular flexibility index (Phi) is 3.81. The van der Waals surface area contributed by atoms with Gasteiger partial charge in [-0.1, -0.05) is 44.3 Å². The van der Waals surface area contributed by atoms with E-state index >= 15 is 0 Å². The average Bonchev–Trinajstić information content (AvgIpc) is 2.95. The molecule has 21 heavy (non-hydrogen) atoms. The highest BCUT2D eigenvalue weighted by Crippen LogP contribution is 2.32. The van der Waals surface area contributed by atoms with E-state index in [1.54, 1.807) is 0 Å². The lowest BCUT2D eigenvalue weighted by Gasteiger charge is -2.30. The van der Waals surface area contributed by atoms with Gasteiger partial charge in [0.05, 0.1) is 11.1 Å². The molecule has 3 rings (SSSR count). The largest absolute Gasteiger partial charge is 0.389 e. The van der Waals surface area contributed by atoms with Gasteiger partial charge in [0.25, 0.3) is 0 Å². The summed E-state index contributed by atoms with van der Waals surface area (Å²) in [5.41, 5.74) is 7.86. The van der Waals surface area contributed by atoms with Crippen LogP contribution >= 0.6 is 12.2 Å². The lowest BCUT2D eigenvalue weighted by atomic mass is 10.0. The van der Waals surface area contributed by atoms with Crippen molar-refractivity contribution in [1.29, 1.82) is 0 Å². The molecule has 0 bridgehead atoms. The Hall–Kier alpha value is -1.68. The molecule has 0 saturated carbocycles. The van der Waals surface area contributed by atoms with E-state index in [1.807, 2.05) is 18.2 Å². The number of pyridine rings is 1. The van der Waals surface area contributed by atoms with Crippen LogP contribution in [0.5, 0.6) is 0 Å². The molecule has 1 atom stereocenters. The second-order valence-electron chi connectivity index (χ2n) is 6.06. The summed E-state index contributed by atoms with van der Waals surface area (Å²) in [4.78, 5) is 7.69. The third-order valence-corrected chi connectivity index (χ3v) is 4.53. The van der Waals surface area contributed by atoms with Gasteiger partial charge < -0.3 is 10.6 Å². The SMILES string of the molecule is CC(C)C1CCCN1c1nc2ccccc2cc1C(N)=S. The normalized spacial score (nSPS) is 18.6. The molecule has 0 aliphatic carbocycles. The Bertz CT molecular complexity index is 681. The fraction of sp³-hybridized carbons (Fsp3) is 0.412. The molecule has 1 aliphatic heterocycles. The number of nitrogens with zero attached hydrogens (tertiary/aromatic N) is 2. The van der Waals surface area contributed by atoms with Crippen molar-refractivity contribution >= 4 is 33.9 Å². The molecule has 4 heteroatoms. The molecule has 0 amide bonds. The van der Waals surface area contributed by atoms with Crippen LogP contribution in [0.1, 0.15) is 32.3 Å². The zero-order valence-electron chi connectivity index (χ0n) is 12.5. The Morgan fingerprint density at radius 3 is 2.86 bits per heavy atom. The van der Waals surface area contributed by atoms with Gasteiger partial charge in [0.15, 0.2) is 0 Å². The van der Waals surface area contributed by atoms with Crippen LogP contribution in [0.15, 0.2) is 30.3 Å². The fourth-order valence-electron chi connectivity index (χ4n) is 3.25. The molecule has 1 aromatic heterocycles. The van der Waals surface area contributed by atoms with E-state index in [1.165, 1.54) is 12.8 Å².